The minimum absolute atomic E-state index is 0.0775. The normalized spacial score (nSPS) is 15.6. The second kappa shape index (κ2) is 7.72. The lowest BCUT2D eigenvalue weighted by Gasteiger charge is -2.23. The van der Waals surface area contributed by atoms with E-state index in [2.05, 4.69) is 10.4 Å². The van der Waals surface area contributed by atoms with E-state index in [1.807, 2.05) is 32.0 Å². The predicted molar refractivity (Wildman–Crippen MR) is 111 cm³/mol. The number of hydrogen-bond donors (Lipinski definition) is 1. The first kappa shape index (κ1) is 19.2. The molecule has 148 valence electrons. The number of hydrogen-bond acceptors (Lipinski definition) is 4. The number of nitrogens with one attached hydrogen (secondary N) is 1. The fourth-order valence-corrected chi connectivity index (χ4v) is 3.87. The van der Waals surface area contributed by atoms with Crippen molar-refractivity contribution in [3.63, 3.8) is 0 Å². The molecule has 29 heavy (non-hydrogen) atoms. The molecule has 2 heterocycles. The number of anilines is 1. The number of carbonyl (C=O) groups excluding carboxylic acids is 2. The summed E-state index contributed by atoms with van der Waals surface area (Å²) < 4.78 is 7.04. The van der Waals surface area contributed by atoms with Crippen molar-refractivity contribution >= 4 is 29.1 Å². The Morgan fingerprint density at radius 2 is 1.97 bits per heavy atom. The zero-order valence-electron chi connectivity index (χ0n) is 16.1. The molecule has 1 N–H and O–H groups in total. The van der Waals surface area contributed by atoms with Crippen molar-refractivity contribution in [3.8, 4) is 11.4 Å². The fourth-order valence-electron chi connectivity index (χ4n) is 3.65. The van der Waals surface area contributed by atoms with Crippen LogP contribution in [0, 0.1) is 6.92 Å². The molecule has 1 aliphatic heterocycles. The second-order valence-corrected chi connectivity index (χ2v) is 7.24. The molecule has 2 aromatic carbocycles. The largest absolute Gasteiger partial charge is 0.494 e. The number of fused-ring (bicyclic) bond motifs is 1. The Morgan fingerprint density at radius 1 is 1.24 bits per heavy atom. The summed E-state index contributed by atoms with van der Waals surface area (Å²) in [6, 6.07) is 14.2. The second-order valence-electron chi connectivity index (χ2n) is 6.84. The van der Waals surface area contributed by atoms with Gasteiger partial charge in [-0.05, 0) is 50.2 Å². The number of ether oxygens (including phenoxy) is 1. The summed E-state index contributed by atoms with van der Waals surface area (Å²) in [7, 11) is 0. The average molecular weight is 410 g/mol. The minimum Gasteiger partial charge on any atom is -0.494 e. The molecule has 4 rings (SSSR count). The van der Waals surface area contributed by atoms with Gasteiger partial charge in [-0.15, -0.1) is 0 Å². The maximum Gasteiger partial charge on any atom is 0.226 e. The van der Waals surface area contributed by atoms with Crippen LogP contribution in [0.1, 0.15) is 40.9 Å². The van der Waals surface area contributed by atoms with E-state index in [1.54, 1.807) is 35.0 Å². The highest BCUT2D eigenvalue weighted by Gasteiger charge is 2.36. The van der Waals surface area contributed by atoms with Crippen molar-refractivity contribution in [1.82, 2.24) is 9.78 Å². The molecule has 0 spiro atoms. The van der Waals surface area contributed by atoms with Crippen LogP contribution in [0.15, 0.2) is 48.5 Å². The maximum atomic E-state index is 13.3. The third-order valence-corrected chi connectivity index (χ3v) is 5.27. The molecular formula is C22H20ClN3O3. The fraction of sp³-hybridized carbons (Fsp3) is 0.227. The Hall–Kier alpha value is -3.12. The van der Waals surface area contributed by atoms with Crippen molar-refractivity contribution in [3.05, 3.63) is 70.4 Å². The number of benzene rings is 2. The maximum absolute atomic E-state index is 13.3. The highest BCUT2D eigenvalue weighted by molar-refractivity contribution is 6.32. The Labute approximate surface area is 173 Å². The van der Waals surface area contributed by atoms with Crippen LogP contribution < -0.4 is 10.1 Å². The molecule has 3 aromatic rings. The van der Waals surface area contributed by atoms with Gasteiger partial charge in [0.2, 0.25) is 5.91 Å². The molecular weight excluding hydrogens is 390 g/mol. The summed E-state index contributed by atoms with van der Waals surface area (Å²) in [5.41, 5.74) is 2.59. The van der Waals surface area contributed by atoms with Gasteiger partial charge in [0, 0.05) is 17.5 Å². The highest BCUT2D eigenvalue weighted by Crippen LogP contribution is 2.39. The van der Waals surface area contributed by atoms with Gasteiger partial charge < -0.3 is 10.1 Å². The summed E-state index contributed by atoms with van der Waals surface area (Å²) in [5, 5.41) is 7.94. The monoisotopic (exact) mass is 409 g/mol. The van der Waals surface area contributed by atoms with Crippen molar-refractivity contribution < 1.29 is 14.3 Å². The molecule has 0 fully saturated rings. The molecule has 0 aliphatic carbocycles. The quantitative estimate of drug-likeness (QED) is 0.628. The molecule has 0 saturated heterocycles. The number of Topliss-reactive ketones (excluding diaryl/α,β-unsaturated/α-hetero) is 1. The van der Waals surface area contributed by atoms with E-state index in [4.69, 9.17) is 16.3 Å². The van der Waals surface area contributed by atoms with Gasteiger partial charge in [0.05, 0.1) is 28.9 Å². The lowest BCUT2D eigenvalue weighted by molar-refractivity contribution is -0.116. The number of aryl methyl sites for hydroxylation is 1. The summed E-state index contributed by atoms with van der Waals surface area (Å²) >= 11 is 6.33. The number of aromatic nitrogens is 2. The van der Waals surface area contributed by atoms with E-state index < -0.39 is 5.92 Å². The minimum atomic E-state index is -0.604. The van der Waals surface area contributed by atoms with E-state index in [0.717, 1.165) is 5.56 Å². The van der Waals surface area contributed by atoms with Crippen LogP contribution >= 0.6 is 11.6 Å². The third-order valence-electron chi connectivity index (χ3n) is 4.95. The first-order valence-corrected chi connectivity index (χ1v) is 9.78. The molecule has 7 heteroatoms. The van der Waals surface area contributed by atoms with Crippen LogP contribution in [0.4, 0.5) is 5.82 Å². The zero-order chi connectivity index (χ0) is 20.5. The molecule has 1 atom stereocenters. The van der Waals surface area contributed by atoms with Gasteiger partial charge in [0.25, 0.3) is 0 Å². The lowest BCUT2D eigenvalue weighted by Crippen LogP contribution is -2.28. The van der Waals surface area contributed by atoms with Crippen molar-refractivity contribution in [2.45, 2.75) is 26.2 Å². The average Bonchev–Trinajstić information content (AvgIpc) is 3.04. The van der Waals surface area contributed by atoms with E-state index in [-0.39, 0.29) is 18.1 Å². The zero-order valence-corrected chi connectivity index (χ0v) is 16.9. The van der Waals surface area contributed by atoms with Crippen LogP contribution in [0.2, 0.25) is 5.02 Å². The number of nitrogens with zero attached hydrogens (tertiary/aromatic N) is 2. The predicted octanol–water partition coefficient (Wildman–Crippen LogP) is 4.54. The van der Waals surface area contributed by atoms with Crippen molar-refractivity contribution in [2.75, 3.05) is 11.9 Å². The first-order chi connectivity index (χ1) is 14.0. The molecule has 1 unspecified atom stereocenters. The number of amides is 1. The SMILES string of the molecule is CCOc1ccc(C(=O)C2CC(=O)Nc3c2c(C)nn3-c2ccccc2Cl)cc1. The lowest BCUT2D eigenvalue weighted by atomic mass is 9.85. The first-order valence-electron chi connectivity index (χ1n) is 9.41. The van der Waals surface area contributed by atoms with E-state index in [1.165, 1.54) is 0 Å². The molecule has 0 radical (unpaired) electrons. The van der Waals surface area contributed by atoms with Crippen LogP contribution in [0.3, 0.4) is 0 Å². The molecule has 0 saturated carbocycles. The van der Waals surface area contributed by atoms with Crippen molar-refractivity contribution in [1.29, 1.82) is 0 Å². The Morgan fingerprint density at radius 3 is 2.66 bits per heavy atom. The van der Waals surface area contributed by atoms with Gasteiger partial charge in [-0.25, -0.2) is 4.68 Å². The van der Waals surface area contributed by atoms with Crippen LogP contribution in [-0.2, 0) is 4.79 Å². The topological polar surface area (TPSA) is 73.2 Å². The highest BCUT2D eigenvalue weighted by atomic mass is 35.5. The number of carbonyl (C=O) groups is 2. The van der Waals surface area contributed by atoms with Gasteiger partial charge in [-0.3, -0.25) is 9.59 Å². The van der Waals surface area contributed by atoms with Gasteiger partial charge >= 0.3 is 0 Å². The summed E-state index contributed by atoms with van der Waals surface area (Å²) in [5.74, 6) is 0.249. The van der Waals surface area contributed by atoms with E-state index in [9.17, 15) is 9.59 Å². The van der Waals surface area contributed by atoms with Crippen LogP contribution in [0.25, 0.3) is 5.69 Å². The Kier molecular flexibility index (Phi) is 5.11. The summed E-state index contributed by atoms with van der Waals surface area (Å²) in [4.78, 5) is 25.7. The van der Waals surface area contributed by atoms with E-state index >= 15 is 0 Å². The Bertz CT molecular complexity index is 1090. The van der Waals surface area contributed by atoms with Gasteiger partial charge in [0.15, 0.2) is 5.78 Å². The molecule has 1 aromatic heterocycles. The van der Waals surface area contributed by atoms with Crippen LogP contribution in [-0.4, -0.2) is 28.1 Å². The van der Waals surface area contributed by atoms with Gasteiger partial charge in [0.1, 0.15) is 11.6 Å². The molecule has 0 bridgehead atoms. The number of halogens is 1. The smallest absolute Gasteiger partial charge is 0.226 e. The molecule has 1 aliphatic rings. The van der Waals surface area contributed by atoms with Crippen LogP contribution in [0.5, 0.6) is 5.75 Å². The van der Waals surface area contributed by atoms with Gasteiger partial charge in [-0.2, -0.15) is 5.10 Å². The number of para-hydroxylation sites is 1. The summed E-state index contributed by atoms with van der Waals surface area (Å²) in [6.07, 6.45) is 0.0775. The number of rotatable bonds is 5. The van der Waals surface area contributed by atoms with Crippen molar-refractivity contribution in [2.24, 2.45) is 0 Å². The summed E-state index contributed by atoms with van der Waals surface area (Å²) in [6.45, 7) is 4.29. The van der Waals surface area contributed by atoms with E-state index in [0.29, 0.717) is 40.1 Å². The van der Waals surface area contributed by atoms with Gasteiger partial charge in [-0.1, -0.05) is 23.7 Å². The standard InChI is InChI=1S/C22H20ClN3O3/c1-3-29-15-10-8-14(9-11-15)21(28)16-12-19(27)24-22-20(16)13(2)25-26(22)18-7-5-4-6-17(18)23/h4-11,16H,3,12H2,1-2H3,(H,24,27). The third kappa shape index (κ3) is 3.51. The molecule has 1 amide bonds. The Balaban J connectivity index is 1.76. The molecule has 6 nitrogen and oxygen atoms in total. The number of ketones is 1.